The predicted octanol–water partition coefficient (Wildman–Crippen LogP) is 2.32. The number of carbonyl (C=O) groups excluding carboxylic acids is 1. The minimum Gasteiger partial charge on any atom is -0.508 e. The maximum absolute atomic E-state index is 11.7. The zero-order valence-corrected chi connectivity index (χ0v) is 11.0. The molecule has 0 unspecified atom stereocenters. The summed E-state index contributed by atoms with van der Waals surface area (Å²) in [6.07, 6.45) is 0. The lowest BCUT2D eigenvalue weighted by molar-refractivity contribution is -0.132. The lowest BCUT2D eigenvalue weighted by Crippen LogP contribution is -2.13. The van der Waals surface area contributed by atoms with Crippen molar-refractivity contribution in [3.8, 4) is 11.5 Å². The highest BCUT2D eigenvalue weighted by atomic mass is 79.9. The van der Waals surface area contributed by atoms with Gasteiger partial charge in [0.25, 0.3) is 0 Å². The summed E-state index contributed by atoms with van der Waals surface area (Å²) < 4.78 is 9.87. The highest BCUT2D eigenvalue weighted by molar-refractivity contribution is 9.08. The van der Waals surface area contributed by atoms with Crippen LogP contribution in [0.1, 0.15) is 12.5 Å². The van der Waals surface area contributed by atoms with Crippen LogP contribution in [0, 0.1) is 0 Å². The number of phenols is 1. The molecule has 1 aromatic carbocycles. The molecule has 0 saturated carbocycles. The van der Waals surface area contributed by atoms with E-state index in [2.05, 4.69) is 15.9 Å². The Bertz CT molecular complexity index is 674. The van der Waals surface area contributed by atoms with Crippen molar-refractivity contribution in [2.24, 2.45) is 0 Å². The van der Waals surface area contributed by atoms with Crippen LogP contribution in [0.15, 0.2) is 27.4 Å². The van der Waals surface area contributed by atoms with Gasteiger partial charge >= 0.3 is 11.6 Å². The first-order chi connectivity index (χ1) is 8.52. The molecule has 0 radical (unpaired) electrons. The van der Waals surface area contributed by atoms with E-state index in [0.717, 1.165) is 0 Å². The van der Waals surface area contributed by atoms with Gasteiger partial charge in [-0.15, -0.1) is 0 Å². The molecule has 6 heteroatoms. The van der Waals surface area contributed by atoms with Crippen LogP contribution in [-0.2, 0) is 10.1 Å². The zero-order chi connectivity index (χ0) is 13.3. The molecule has 0 fully saturated rings. The number of hydrogen-bond acceptors (Lipinski definition) is 5. The number of carbonyl (C=O) groups is 1. The largest absolute Gasteiger partial charge is 0.508 e. The Morgan fingerprint density at radius 2 is 2.22 bits per heavy atom. The first-order valence-electron chi connectivity index (χ1n) is 5.06. The molecule has 1 aromatic heterocycles. The van der Waals surface area contributed by atoms with E-state index in [0.29, 0.717) is 16.3 Å². The van der Waals surface area contributed by atoms with Gasteiger partial charge in [0.1, 0.15) is 11.3 Å². The summed E-state index contributed by atoms with van der Waals surface area (Å²) in [5, 5.41) is 10.3. The van der Waals surface area contributed by atoms with Gasteiger partial charge in [-0.2, -0.15) is 0 Å². The number of aromatic hydroxyl groups is 1. The van der Waals surface area contributed by atoms with Gasteiger partial charge in [0.15, 0.2) is 0 Å². The summed E-state index contributed by atoms with van der Waals surface area (Å²) in [5.41, 5.74) is -0.000415. The maximum Gasteiger partial charge on any atom is 0.380 e. The maximum atomic E-state index is 11.7. The average Bonchev–Trinajstić information content (AvgIpc) is 2.29. The first-order valence-corrected chi connectivity index (χ1v) is 6.18. The standard InChI is InChI=1S/C12H9BrO5/c1-6(14)17-11-9(5-13)8-3-2-7(15)4-10(8)18-12(11)16/h2-4,15H,5H2,1H3. The molecule has 2 rings (SSSR count). The SMILES string of the molecule is CC(=O)Oc1c(CBr)c2ccc(O)cc2oc1=O. The molecule has 1 heterocycles. The number of rotatable bonds is 2. The van der Waals surface area contributed by atoms with E-state index in [1.807, 2.05) is 0 Å². The quantitative estimate of drug-likeness (QED) is 0.523. The third-order valence-corrected chi connectivity index (χ3v) is 2.89. The fourth-order valence-electron chi connectivity index (χ4n) is 1.62. The second-order valence-electron chi connectivity index (χ2n) is 3.60. The molecule has 0 saturated heterocycles. The smallest absolute Gasteiger partial charge is 0.380 e. The fraction of sp³-hybridized carbons (Fsp3) is 0.167. The summed E-state index contributed by atoms with van der Waals surface area (Å²) in [6.45, 7) is 1.21. The van der Waals surface area contributed by atoms with E-state index < -0.39 is 11.6 Å². The Balaban J connectivity index is 2.79. The summed E-state index contributed by atoms with van der Waals surface area (Å²) in [6, 6.07) is 4.39. The van der Waals surface area contributed by atoms with Gasteiger partial charge in [-0.05, 0) is 12.1 Å². The van der Waals surface area contributed by atoms with E-state index in [-0.39, 0.29) is 17.1 Å². The van der Waals surface area contributed by atoms with Crippen LogP contribution in [0.25, 0.3) is 11.0 Å². The van der Waals surface area contributed by atoms with Crippen molar-refractivity contribution in [1.82, 2.24) is 0 Å². The second-order valence-corrected chi connectivity index (χ2v) is 4.17. The van der Waals surface area contributed by atoms with Gasteiger partial charge in [0, 0.05) is 29.3 Å². The van der Waals surface area contributed by atoms with Crippen LogP contribution in [0.3, 0.4) is 0 Å². The Labute approximate surface area is 110 Å². The van der Waals surface area contributed by atoms with Crippen LogP contribution in [0.2, 0.25) is 0 Å². The molecule has 0 aliphatic heterocycles. The van der Waals surface area contributed by atoms with E-state index in [9.17, 15) is 14.7 Å². The van der Waals surface area contributed by atoms with E-state index in [1.54, 1.807) is 6.07 Å². The van der Waals surface area contributed by atoms with Crippen molar-refractivity contribution in [3.63, 3.8) is 0 Å². The summed E-state index contributed by atoms with van der Waals surface area (Å²) in [7, 11) is 0. The number of alkyl halides is 1. The molecule has 94 valence electrons. The van der Waals surface area contributed by atoms with Crippen LogP contribution in [0.4, 0.5) is 0 Å². The van der Waals surface area contributed by atoms with Crippen molar-refractivity contribution in [1.29, 1.82) is 0 Å². The Morgan fingerprint density at radius 1 is 1.50 bits per heavy atom. The lowest BCUT2D eigenvalue weighted by Gasteiger charge is -2.08. The van der Waals surface area contributed by atoms with Crippen LogP contribution >= 0.6 is 15.9 Å². The molecule has 0 bridgehead atoms. The van der Waals surface area contributed by atoms with Gasteiger partial charge in [-0.1, -0.05) is 15.9 Å². The normalized spacial score (nSPS) is 10.6. The molecule has 0 amide bonds. The molecule has 18 heavy (non-hydrogen) atoms. The number of fused-ring (bicyclic) bond motifs is 1. The lowest BCUT2D eigenvalue weighted by atomic mass is 10.1. The molecule has 0 atom stereocenters. The molecular formula is C12H9BrO5. The number of hydrogen-bond donors (Lipinski definition) is 1. The van der Waals surface area contributed by atoms with Gasteiger partial charge in [-0.25, -0.2) is 4.79 Å². The molecule has 5 nitrogen and oxygen atoms in total. The van der Waals surface area contributed by atoms with Gasteiger partial charge in [0.05, 0.1) is 0 Å². The second kappa shape index (κ2) is 4.81. The number of halogens is 1. The topological polar surface area (TPSA) is 76.7 Å². The van der Waals surface area contributed by atoms with E-state index >= 15 is 0 Å². The van der Waals surface area contributed by atoms with Crippen LogP contribution < -0.4 is 10.4 Å². The minimum atomic E-state index is -0.752. The molecule has 0 spiro atoms. The Morgan fingerprint density at radius 3 is 2.83 bits per heavy atom. The predicted molar refractivity (Wildman–Crippen MR) is 68.1 cm³/mol. The molecule has 1 N–H and O–H groups in total. The van der Waals surface area contributed by atoms with Gasteiger partial charge < -0.3 is 14.3 Å². The highest BCUT2D eigenvalue weighted by Crippen LogP contribution is 2.29. The summed E-state index contributed by atoms with van der Waals surface area (Å²) in [4.78, 5) is 22.7. The molecular weight excluding hydrogens is 304 g/mol. The summed E-state index contributed by atoms with van der Waals surface area (Å²) in [5.74, 6) is -0.730. The fourth-order valence-corrected chi connectivity index (χ4v) is 2.17. The molecule has 0 aliphatic rings. The van der Waals surface area contributed by atoms with Crippen molar-refractivity contribution < 1.29 is 19.1 Å². The third kappa shape index (κ3) is 2.24. The zero-order valence-electron chi connectivity index (χ0n) is 9.40. The van der Waals surface area contributed by atoms with Crippen LogP contribution in [-0.4, -0.2) is 11.1 Å². The summed E-state index contributed by atoms with van der Waals surface area (Å²) >= 11 is 3.24. The number of ether oxygens (including phenoxy) is 1. The molecule has 2 aromatic rings. The van der Waals surface area contributed by atoms with E-state index in [4.69, 9.17) is 9.15 Å². The number of benzene rings is 1. The van der Waals surface area contributed by atoms with Crippen molar-refractivity contribution in [3.05, 3.63) is 34.2 Å². The van der Waals surface area contributed by atoms with Crippen LogP contribution in [0.5, 0.6) is 11.5 Å². The van der Waals surface area contributed by atoms with Crippen molar-refractivity contribution >= 4 is 32.9 Å². The van der Waals surface area contributed by atoms with Gasteiger partial charge in [-0.3, -0.25) is 4.79 Å². The van der Waals surface area contributed by atoms with Crippen molar-refractivity contribution in [2.45, 2.75) is 12.3 Å². The molecule has 0 aliphatic carbocycles. The van der Waals surface area contributed by atoms with E-state index in [1.165, 1.54) is 19.1 Å². The number of esters is 1. The monoisotopic (exact) mass is 312 g/mol. The Kier molecular flexibility index (Phi) is 3.38. The first kappa shape index (κ1) is 12.6. The minimum absolute atomic E-state index is 0.00795. The Hall–Kier alpha value is -1.82. The van der Waals surface area contributed by atoms with Gasteiger partial charge in [0.2, 0.25) is 5.75 Å². The number of phenolic OH excluding ortho intramolecular Hbond substituents is 1. The van der Waals surface area contributed by atoms with Crippen molar-refractivity contribution in [2.75, 3.05) is 0 Å². The average molecular weight is 313 g/mol. The highest BCUT2D eigenvalue weighted by Gasteiger charge is 2.17. The third-order valence-electron chi connectivity index (χ3n) is 2.33.